The van der Waals surface area contributed by atoms with Crippen LogP contribution in [0.5, 0.6) is 0 Å². The molecule has 1 rings (SSSR count). The molecule has 1 amide bonds. The van der Waals surface area contributed by atoms with E-state index in [9.17, 15) is 9.18 Å². The van der Waals surface area contributed by atoms with Gasteiger partial charge in [0.25, 0.3) is 0 Å². The molecule has 0 saturated carbocycles. The molecule has 0 spiro atoms. The molecule has 72 valence electrons. The number of rotatable bonds is 2. The average Bonchev–Trinajstić information content (AvgIpc) is 2.32. The van der Waals surface area contributed by atoms with Crippen molar-refractivity contribution in [2.45, 2.75) is 26.3 Å². The summed E-state index contributed by atoms with van der Waals surface area (Å²) >= 11 is 0. The summed E-state index contributed by atoms with van der Waals surface area (Å²) in [6, 6.07) is 0. The third-order valence-electron chi connectivity index (χ3n) is 1.56. The Hall–Kier alpha value is -1.39. The van der Waals surface area contributed by atoms with Gasteiger partial charge in [-0.2, -0.15) is 9.49 Å². The molecule has 0 aromatic carbocycles. The Morgan fingerprint density at radius 3 is 2.62 bits per heavy atom. The monoisotopic (exact) mass is 185 g/mol. The van der Waals surface area contributed by atoms with Crippen LogP contribution in [0.3, 0.4) is 0 Å². The van der Waals surface area contributed by atoms with E-state index in [2.05, 4.69) is 10.4 Å². The summed E-state index contributed by atoms with van der Waals surface area (Å²) in [5, 5.41) is 6.06. The molecule has 0 saturated heterocycles. The Morgan fingerprint density at radius 2 is 2.23 bits per heavy atom. The van der Waals surface area contributed by atoms with Crippen LogP contribution in [0.15, 0.2) is 6.20 Å². The van der Waals surface area contributed by atoms with E-state index in [1.165, 1.54) is 10.9 Å². The van der Waals surface area contributed by atoms with Crippen LogP contribution in [0.1, 0.15) is 20.8 Å². The Morgan fingerprint density at radius 1 is 1.62 bits per heavy atom. The first-order valence-corrected chi connectivity index (χ1v) is 3.91. The number of halogens is 1. The van der Waals surface area contributed by atoms with Crippen molar-refractivity contribution < 1.29 is 9.18 Å². The molecule has 1 aromatic rings. The number of nitrogens with zero attached hydrogens (tertiary/aromatic N) is 2. The normalized spacial score (nSPS) is 11.4. The summed E-state index contributed by atoms with van der Waals surface area (Å²) < 4.78 is 14.6. The Balaban J connectivity index is 3.06. The fourth-order valence-electron chi connectivity index (χ4n) is 0.962. The van der Waals surface area contributed by atoms with Crippen molar-refractivity contribution >= 4 is 12.1 Å². The van der Waals surface area contributed by atoms with E-state index in [0.717, 1.165) is 0 Å². The van der Waals surface area contributed by atoms with Gasteiger partial charge in [0.2, 0.25) is 12.4 Å². The van der Waals surface area contributed by atoms with Crippen LogP contribution in [0.2, 0.25) is 0 Å². The first kappa shape index (κ1) is 9.70. The second-order valence-corrected chi connectivity index (χ2v) is 3.69. The zero-order valence-corrected chi connectivity index (χ0v) is 7.84. The quantitative estimate of drug-likeness (QED) is 0.707. The van der Waals surface area contributed by atoms with Gasteiger partial charge in [0, 0.05) is 0 Å². The lowest BCUT2D eigenvalue weighted by Crippen LogP contribution is -2.24. The highest BCUT2D eigenvalue weighted by Crippen LogP contribution is 2.20. The average molecular weight is 185 g/mol. The van der Waals surface area contributed by atoms with E-state index in [1.807, 2.05) is 20.8 Å². The van der Waals surface area contributed by atoms with Gasteiger partial charge in [-0.25, -0.2) is 4.68 Å². The SMILES string of the molecule is CC(C)(C)n1ncc(NC=O)c1F. The predicted octanol–water partition coefficient (Wildman–Crippen LogP) is 1.35. The molecule has 0 atom stereocenters. The van der Waals surface area contributed by atoms with Gasteiger partial charge in [0.15, 0.2) is 0 Å². The molecule has 0 unspecified atom stereocenters. The van der Waals surface area contributed by atoms with E-state index in [0.29, 0.717) is 6.41 Å². The van der Waals surface area contributed by atoms with Crippen LogP contribution in [0.4, 0.5) is 10.1 Å². The van der Waals surface area contributed by atoms with Gasteiger partial charge in [0.1, 0.15) is 5.69 Å². The highest BCUT2D eigenvalue weighted by Gasteiger charge is 2.20. The maximum atomic E-state index is 13.4. The van der Waals surface area contributed by atoms with E-state index in [1.54, 1.807) is 0 Å². The van der Waals surface area contributed by atoms with Gasteiger partial charge >= 0.3 is 0 Å². The number of hydrogen-bond acceptors (Lipinski definition) is 2. The maximum absolute atomic E-state index is 13.4. The maximum Gasteiger partial charge on any atom is 0.235 e. The van der Waals surface area contributed by atoms with Crippen molar-refractivity contribution in [2.75, 3.05) is 5.32 Å². The van der Waals surface area contributed by atoms with Crippen LogP contribution in [-0.2, 0) is 10.3 Å². The van der Waals surface area contributed by atoms with Crippen molar-refractivity contribution in [3.8, 4) is 0 Å². The third-order valence-corrected chi connectivity index (χ3v) is 1.56. The molecule has 1 heterocycles. The molecule has 0 aliphatic rings. The standard InChI is InChI=1S/C8H12FN3O/c1-8(2,3)12-7(9)6(4-11-12)10-5-13/h4-5H,1-3H3,(H,10,13). The van der Waals surface area contributed by atoms with Crippen LogP contribution in [-0.4, -0.2) is 16.2 Å². The van der Waals surface area contributed by atoms with Crippen molar-refractivity contribution in [3.63, 3.8) is 0 Å². The van der Waals surface area contributed by atoms with Gasteiger partial charge in [-0.3, -0.25) is 4.79 Å². The molecule has 1 N–H and O–H groups in total. The number of nitrogens with one attached hydrogen (secondary N) is 1. The third kappa shape index (κ3) is 1.85. The summed E-state index contributed by atoms with van der Waals surface area (Å²) in [6.45, 7) is 5.48. The lowest BCUT2D eigenvalue weighted by atomic mass is 10.1. The molecule has 0 aliphatic heterocycles. The Bertz CT molecular complexity index is 314. The molecule has 0 radical (unpaired) electrons. The molecule has 0 bridgehead atoms. The fourth-order valence-corrected chi connectivity index (χ4v) is 0.962. The topological polar surface area (TPSA) is 46.9 Å². The van der Waals surface area contributed by atoms with Gasteiger partial charge in [-0.05, 0) is 20.8 Å². The number of hydrogen-bond donors (Lipinski definition) is 1. The fraction of sp³-hybridized carbons (Fsp3) is 0.500. The molecule has 0 fully saturated rings. The molecule has 1 aromatic heterocycles. The summed E-state index contributed by atoms with van der Waals surface area (Å²) in [5.41, 5.74) is -0.322. The molecule has 4 nitrogen and oxygen atoms in total. The van der Waals surface area contributed by atoms with Gasteiger partial charge in [-0.1, -0.05) is 0 Å². The molecular formula is C8H12FN3O. The minimum absolute atomic E-state index is 0.102. The van der Waals surface area contributed by atoms with Gasteiger partial charge < -0.3 is 5.32 Å². The summed E-state index contributed by atoms with van der Waals surface area (Å²) in [4.78, 5) is 10.1. The van der Waals surface area contributed by atoms with Gasteiger partial charge in [0.05, 0.1) is 11.7 Å². The van der Waals surface area contributed by atoms with Crippen molar-refractivity contribution in [2.24, 2.45) is 0 Å². The molecular weight excluding hydrogens is 173 g/mol. The van der Waals surface area contributed by atoms with Crippen LogP contribution in [0.25, 0.3) is 0 Å². The molecule has 0 aliphatic carbocycles. The zero-order chi connectivity index (χ0) is 10.1. The number of aromatic nitrogens is 2. The smallest absolute Gasteiger partial charge is 0.235 e. The molecule has 5 heteroatoms. The van der Waals surface area contributed by atoms with Crippen molar-refractivity contribution in [3.05, 3.63) is 12.1 Å². The van der Waals surface area contributed by atoms with Crippen molar-refractivity contribution in [1.82, 2.24) is 9.78 Å². The number of carbonyl (C=O) groups excluding carboxylic acids is 1. The van der Waals surface area contributed by atoms with Crippen molar-refractivity contribution in [1.29, 1.82) is 0 Å². The van der Waals surface area contributed by atoms with Gasteiger partial charge in [-0.15, -0.1) is 0 Å². The first-order valence-electron chi connectivity index (χ1n) is 3.91. The lowest BCUT2D eigenvalue weighted by molar-refractivity contribution is -0.105. The lowest BCUT2D eigenvalue weighted by Gasteiger charge is -2.19. The van der Waals surface area contributed by atoms with E-state index in [4.69, 9.17) is 0 Å². The number of amides is 1. The predicted molar refractivity (Wildman–Crippen MR) is 46.9 cm³/mol. The second-order valence-electron chi connectivity index (χ2n) is 3.69. The minimum atomic E-state index is -0.528. The summed E-state index contributed by atoms with van der Waals surface area (Å²) in [5.74, 6) is -0.528. The molecule has 13 heavy (non-hydrogen) atoms. The van der Waals surface area contributed by atoms with Crippen LogP contribution >= 0.6 is 0 Å². The van der Waals surface area contributed by atoms with E-state index < -0.39 is 11.5 Å². The first-order chi connectivity index (χ1) is 5.96. The Labute approximate surface area is 75.7 Å². The van der Waals surface area contributed by atoms with E-state index >= 15 is 0 Å². The Kier molecular flexibility index (Phi) is 2.36. The highest BCUT2D eigenvalue weighted by molar-refractivity contribution is 5.70. The second kappa shape index (κ2) is 3.16. The number of anilines is 1. The van der Waals surface area contributed by atoms with Crippen LogP contribution in [0, 0.1) is 5.95 Å². The zero-order valence-electron chi connectivity index (χ0n) is 7.84. The summed E-state index contributed by atoms with van der Waals surface area (Å²) in [6.07, 6.45) is 1.71. The number of carbonyl (C=O) groups is 1. The van der Waals surface area contributed by atoms with E-state index in [-0.39, 0.29) is 5.69 Å². The highest BCUT2D eigenvalue weighted by atomic mass is 19.1. The largest absolute Gasteiger partial charge is 0.324 e. The van der Waals surface area contributed by atoms with Crippen LogP contribution < -0.4 is 5.32 Å². The minimum Gasteiger partial charge on any atom is -0.324 e. The summed E-state index contributed by atoms with van der Waals surface area (Å²) in [7, 11) is 0.